The van der Waals surface area contributed by atoms with Gasteiger partial charge in [0, 0.05) is 29.6 Å². The van der Waals surface area contributed by atoms with Gasteiger partial charge >= 0.3 is 5.69 Å². The number of carbonyl (C=O) groups excluding carboxylic acids is 1. The molecule has 2 N–H and O–H groups in total. The van der Waals surface area contributed by atoms with Crippen molar-refractivity contribution in [3.8, 4) is 0 Å². The maximum absolute atomic E-state index is 14.4. The van der Waals surface area contributed by atoms with Crippen molar-refractivity contribution in [1.29, 1.82) is 0 Å². The average Bonchev–Trinajstić information content (AvgIpc) is 2.82. The number of aromatic nitrogens is 2. The first-order chi connectivity index (χ1) is 17.1. The number of nitrogens with zero attached hydrogens (tertiary/aromatic N) is 2. The molecule has 3 aliphatic rings. The maximum atomic E-state index is 14.4. The lowest BCUT2D eigenvalue weighted by atomic mass is 9.63. The Balaban J connectivity index is 1.63. The van der Waals surface area contributed by atoms with Gasteiger partial charge in [-0.3, -0.25) is 9.59 Å². The number of H-pyrrole nitrogens is 1. The molecule has 1 unspecified atom stereocenters. The summed E-state index contributed by atoms with van der Waals surface area (Å²) in [6, 6.07) is 4.87. The van der Waals surface area contributed by atoms with E-state index in [0.717, 1.165) is 41.7 Å². The Morgan fingerprint density at radius 3 is 2.42 bits per heavy atom. The molecule has 1 aliphatic carbocycles. The molecule has 3 heterocycles. The van der Waals surface area contributed by atoms with E-state index in [4.69, 9.17) is 0 Å². The van der Waals surface area contributed by atoms with E-state index in [9.17, 15) is 27.6 Å². The summed E-state index contributed by atoms with van der Waals surface area (Å²) in [5.41, 5.74) is -2.02. The number of rotatable bonds is 5. The third kappa shape index (κ3) is 4.03. The predicted octanol–water partition coefficient (Wildman–Crippen LogP) is 3.40. The minimum Gasteiger partial charge on any atom is -0.348 e. The Hall–Kier alpha value is -3.40. The van der Waals surface area contributed by atoms with Crippen LogP contribution in [-0.4, -0.2) is 40.0 Å². The van der Waals surface area contributed by atoms with E-state index in [1.54, 1.807) is 6.92 Å². The minimum atomic E-state index is -1.21. The number of hydrogen-bond acceptors (Lipinski definition) is 4. The summed E-state index contributed by atoms with van der Waals surface area (Å²) in [5.74, 6) is -2.82. The molecule has 3 aromatic rings. The first-order valence-corrected chi connectivity index (χ1v) is 12.0. The zero-order valence-corrected chi connectivity index (χ0v) is 20.0. The van der Waals surface area contributed by atoms with E-state index < -0.39 is 52.1 Å². The second-order valence-corrected chi connectivity index (χ2v) is 10.1. The van der Waals surface area contributed by atoms with Gasteiger partial charge in [0.25, 0.3) is 5.56 Å². The fourth-order valence-electron chi connectivity index (χ4n) is 6.09. The first-order valence-electron chi connectivity index (χ1n) is 12.0. The van der Waals surface area contributed by atoms with Crippen LogP contribution in [0.2, 0.25) is 0 Å². The molecule has 1 amide bonds. The third-order valence-corrected chi connectivity index (χ3v) is 7.90. The van der Waals surface area contributed by atoms with E-state index >= 15 is 0 Å². The molecule has 1 saturated carbocycles. The molecule has 6 rings (SSSR count). The summed E-state index contributed by atoms with van der Waals surface area (Å²) < 4.78 is 42.7. The highest BCUT2D eigenvalue weighted by Crippen LogP contribution is 2.50. The zero-order valence-electron chi connectivity index (χ0n) is 20.0. The number of fused-ring (bicyclic) bond motifs is 4. The van der Waals surface area contributed by atoms with Crippen LogP contribution in [0.25, 0.3) is 10.9 Å². The Morgan fingerprint density at radius 2 is 1.75 bits per heavy atom. The second-order valence-electron chi connectivity index (χ2n) is 10.1. The van der Waals surface area contributed by atoms with Crippen molar-refractivity contribution in [2.24, 2.45) is 5.41 Å². The van der Waals surface area contributed by atoms with E-state index in [1.807, 2.05) is 7.05 Å². The fourth-order valence-corrected chi connectivity index (χ4v) is 6.09. The zero-order chi connectivity index (χ0) is 25.8. The maximum Gasteiger partial charge on any atom is 0.329 e. The molecule has 190 valence electrons. The molecular formula is C26H27F3N4O3. The molecule has 10 heteroatoms. The highest BCUT2D eigenvalue weighted by atomic mass is 19.1. The van der Waals surface area contributed by atoms with Crippen molar-refractivity contribution in [3.05, 3.63) is 80.3 Å². The first kappa shape index (κ1) is 24.3. The van der Waals surface area contributed by atoms with Gasteiger partial charge < -0.3 is 15.2 Å². The van der Waals surface area contributed by atoms with Gasteiger partial charge in [0.1, 0.15) is 23.5 Å². The van der Waals surface area contributed by atoms with Crippen LogP contribution in [-0.2, 0) is 4.79 Å². The minimum absolute atomic E-state index is 0.0423. The second kappa shape index (κ2) is 8.92. The number of halogens is 3. The lowest BCUT2D eigenvalue weighted by Gasteiger charge is -2.54. The molecule has 0 radical (unpaired) electrons. The summed E-state index contributed by atoms with van der Waals surface area (Å²) in [6.45, 7) is 2.04. The monoisotopic (exact) mass is 500 g/mol. The van der Waals surface area contributed by atoms with Gasteiger partial charge in [-0.1, -0.05) is 6.07 Å². The highest BCUT2D eigenvalue weighted by Gasteiger charge is 2.52. The van der Waals surface area contributed by atoms with Gasteiger partial charge in [0.2, 0.25) is 5.91 Å². The van der Waals surface area contributed by atoms with Crippen molar-refractivity contribution in [3.63, 3.8) is 0 Å². The lowest BCUT2D eigenvalue weighted by molar-refractivity contribution is -0.135. The number of amides is 1. The summed E-state index contributed by atoms with van der Waals surface area (Å²) in [4.78, 5) is 45.5. The highest BCUT2D eigenvalue weighted by molar-refractivity contribution is 5.83. The number of benzene rings is 2. The number of carbonyl (C=O) groups is 1. The summed E-state index contributed by atoms with van der Waals surface area (Å²) in [7, 11) is 1.95. The number of hydrogen-bond donors (Lipinski definition) is 2. The van der Waals surface area contributed by atoms with Gasteiger partial charge in [-0.2, -0.15) is 0 Å². The molecule has 7 nitrogen and oxygen atoms in total. The SMILES string of the molecule is C[C@@H](NC(=O)C(n1c(=O)[nH]c2ccc(F)cc2c1=O)C12CCC(CC1)N(C)C2)c1ccc(F)cc1F. The van der Waals surface area contributed by atoms with Crippen molar-refractivity contribution in [2.75, 3.05) is 13.6 Å². The molecule has 2 atom stereocenters. The van der Waals surface area contributed by atoms with Crippen LogP contribution in [0, 0.1) is 22.9 Å². The average molecular weight is 501 g/mol. The molecule has 2 bridgehead atoms. The molecule has 2 aliphatic heterocycles. The van der Waals surface area contributed by atoms with Crippen LogP contribution in [0.3, 0.4) is 0 Å². The molecular weight excluding hydrogens is 473 g/mol. The van der Waals surface area contributed by atoms with Crippen LogP contribution >= 0.6 is 0 Å². The van der Waals surface area contributed by atoms with Crippen LogP contribution in [0.4, 0.5) is 13.2 Å². The summed E-state index contributed by atoms with van der Waals surface area (Å²) in [6.07, 6.45) is 2.84. The van der Waals surface area contributed by atoms with Gasteiger partial charge in [-0.15, -0.1) is 0 Å². The number of aromatic amines is 1. The van der Waals surface area contributed by atoms with E-state index in [0.29, 0.717) is 25.4 Å². The Labute approximate surface area is 204 Å². The van der Waals surface area contributed by atoms with Crippen molar-refractivity contribution < 1.29 is 18.0 Å². The fraction of sp³-hybridized carbons (Fsp3) is 0.423. The van der Waals surface area contributed by atoms with Crippen LogP contribution in [0.1, 0.15) is 50.3 Å². The summed E-state index contributed by atoms with van der Waals surface area (Å²) >= 11 is 0. The standard InChI is InChI=1S/C26H27F3N4O3/c1-14(18-5-3-16(28)12-20(18)29)30-23(34)22(26-9-7-17(8-10-26)32(2)13-26)33-24(35)19-11-15(27)4-6-21(19)31-25(33)36/h3-6,11-12,14,17,22H,7-10,13H2,1-2H3,(H,30,34)(H,31,36)/t14-,17?,22?,26?/m1/s1. The topological polar surface area (TPSA) is 87.2 Å². The van der Waals surface area contributed by atoms with Gasteiger partial charge in [0.15, 0.2) is 0 Å². The Kier molecular flexibility index (Phi) is 6.02. The van der Waals surface area contributed by atoms with Crippen molar-refractivity contribution in [1.82, 2.24) is 19.8 Å². The van der Waals surface area contributed by atoms with Crippen molar-refractivity contribution in [2.45, 2.75) is 50.7 Å². The van der Waals surface area contributed by atoms with Gasteiger partial charge in [-0.05, 0) is 63.9 Å². The van der Waals surface area contributed by atoms with E-state index in [1.165, 1.54) is 12.1 Å². The largest absolute Gasteiger partial charge is 0.348 e. The van der Waals surface area contributed by atoms with Gasteiger partial charge in [-0.25, -0.2) is 22.5 Å². The normalized spacial score (nSPS) is 23.5. The molecule has 3 fully saturated rings. The molecule has 2 aromatic carbocycles. The number of piperidine rings is 2. The Bertz CT molecular complexity index is 1460. The summed E-state index contributed by atoms with van der Waals surface area (Å²) in [5, 5.41) is 2.71. The van der Waals surface area contributed by atoms with E-state index in [2.05, 4.69) is 15.2 Å². The Morgan fingerprint density at radius 1 is 1.08 bits per heavy atom. The van der Waals surface area contributed by atoms with Gasteiger partial charge in [0.05, 0.1) is 16.9 Å². The van der Waals surface area contributed by atoms with Crippen molar-refractivity contribution >= 4 is 16.8 Å². The predicted molar refractivity (Wildman–Crippen MR) is 128 cm³/mol. The third-order valence-electron chi connectivity index (χ3n) is 7.90. The van der Waals surface area contributed by atoms with Crippen LogP contribution < -0.4 is 16.6 Å². The van der Waals surface area contributed by atoms with Crippen LogP contribution in [0.15, 0.2) is 46.0 Å². The molecule has 0 spiro atoms. The molecule has 36 heavy (non-hydrogen) atoms. The lowest BCUT2D eigenvalue weighted by Crippen LogP contribution is -2.61. The molecule has 2 saturated heterocycles. The molecule has 1 aromatic heterocycles. The van der Waals surface area contributed by atoms with E-state index in [-0.39, 0.29) is 16.5 Å². The number of nitrogens with one attached hydrogen (secondary N) is 2. The van der Waals surface area contributed by atoms with Crippen LogP contribution in [0.5, 0.6) is 0 Å². The smallest absolute Gasteiger partial charge is 0.329 e. The quantitative estimate of drug-likeness (QED) is 0.562.